The Labute approximate surface area is 214 Å². The van der Waals surface area contributed by atoms with Gasteiger partial charge in [-0.05, 0) is 72.0 Å². The molecule has 1 fully saturated rings. The van der Waals surface area contributed by atoms with E-state index in [1.807, 2.05) is 42.5 Å². The third-order valence-electron chi connectivity index (χ3n) is 7.27. The molecule has 1 aliphatic heterocycles. The van der Waals surface area contributed by atoms with E-state index in [2.05, 4.69) is 52.5 Å². The molecule has 36 heavy (non-hydrogen) atoms. The van der Waals surface area contributed by atoms with Gasteiger partial charge in [0, 0.05) is 38.4 Å². The molecule has 0 radical (unpaired) electrons. The largest absolute Gasteiger partial charge is 0.497 e. The van der Waals surface area contributed by atoms with Crippen LogP contribution in [0, 0.1) is 0 Å². The molecule has 0 unspecified atom stereocenters. The van der Waals surface area contributed by atoms with Gasteiger partial charge >= 0.3 is 0 Å². The summed E-state index contributed by atoms with van der Waals surface area (Å²) < 4.78 is 5.23. The molecular formula is C31H35N3O2. The standard InChI is InChI=1S/C31H35N3O2/c1-33-15-17-34(18-16-33)22-24-5-8-28-21-29(12-9-27(28)19-24)32-31(35)20-23-3-6-25(7-4-23)26-10-13-30(36-2)14-11-26/h3-4,6-7,9-14,19,21H,5,8,15-18,20,22H2,1-2H3,(H,32,35). The summed E-state index contributed by atoms with van der Waals surface area (Å²) in [4.78, 5) is 17.7. The van der Waals surface area contributed by atoms with Crippen molar-refractivity contribution in [1.29, 1.82) is 0 Å². The molecule has 0 bridgehead atoms. The zero-order valence-electron chi connectivity index (χ0n) is 21.3. The number of carbonyl (C=O) groups is 1. The smallest absolute Gasteiger partial charge is 0.228 e. The zero-order chi connectivity index (χ0) is 24.9. The Kier molecular flexibility index (Phi) is 7.49. The molecule has 1 amide bonds. The number of fused-ring (bicyclic) bond motifs is 1. The lowest BCUT2D eigenvalue weighted by molar-refractivity contribution is -0.115. The summed E-state index contributed by atoms with van der Waals surface area (Å²) in [5.74, 6) is 0.852. The van der Waals surface area contributed by atoms with Gasteiger partial charge in [-0.25, -0.2) is 0 Å². The number of likely N-dealkylation sites (N-methyl/N-ethyl adjacent to an activating group) is 1. The first-order valence-corrected chi connectivity index (χ1v) is 12.8. The van der Waals surface area contributed by atoms with Crippen LogP contribution >= 0.6 is 0 Å². The molecule has 1 aliphatic carbocycles. The summed E-state index contributed by atoms with van der Waals surface area (Å²) in [5, 5.41) is 3.09. The van der Waals surface area contributed by atoms with Crippen molar-refractivity contribution in [2.75, 3.05) is 52.2 Å². The molecule has 5 heteroatoms. The zero-order valence-corrected chi connectivity index (χ0v) is 21.3. The molecule has 0 saturated carbocycles. The first-order chi connectivity index (χ1) is 17.6. The lowest BCUT2D eigenvalue weighted by Gasteiger charge is -2.33. The fourth-order valence-corrected chi connectivity index (χ4v) is 5.04. The van der Waals surface area contributed by atoms with Gasteiger partial charge < -0.3 is 15.0 Å². The SMILES string of the molecule is COc1ccc(-c2ccc(CC(=O)Nc3ccc4c(c3)CCC(CN3CCN(C)CC3)=C4)cc2)cc1. The van der Waals surface area contributed by atoms with Crippen molar-refractivity contribution < 1.29 is 9.53 Å². The minimum Gasteiger partial charge on any atom is -0.497 e. The van der Waals surface area contributed by atoms with Gasteiger partial charge in [0.05, 0.1) is 13.5 Å². The Morgan fingerprint density at radius 1 is 0.889 bits per heavy atom. The summed E-state index contributed by atoms with van der Waals surface area (Å²) in [5.41, 5.74) is 8.25. The molecule has 5 rings (SSSR count). The van der Waals surface area contributed by atoms with Crippen LogP contribution < -0.4 is 10.1 Å². The lowest BCUT2D eigenvalue weighted by Crippen LogP contribution is -2.45. The maximum Gasteiger partial charge on any atom is 0.228 e. The highest BCUT2D eigenvalue weighted by molar-refractivity contribution is 5.92. The Bertz CT molecular complexity index is 1220. The van der Waals surface area contributed by atoms with Crippen LogP contribution in [0.1, 0.15) is 23.1 Å². The van der Waals surface area contributed by atoms with E-state index in [-0.39, 0.29) is 5.91 Å². The highest BCUT2D eigenvalue weighted by Crippen LogP contribution is 2.28. The van der Waals surface area contributed by atoms with Crippen molar-refractivity contribution in [3.8, 4) is 16.9 Å². The van der Waals surface area contributed by atoms with E-state index >= 15 is 0 Å². The van der Waals surface area contributed by atoms with E-state index in [1.54, 1.807) is 7.11 Å². The van der Waals surface area contributed by atoms with E-state index in [0.717, 1.165) is 73.7 Å². The summed E-state index contributed by atoms with van der Waals surface area (Å²) in [6.07, 6.45) is 4.84. The molecule has 3 aromatic carbocycles. The fourth-order valence-electron chi connectivity index (χ4n) is 5.04. The minimum atomic E-state index is 0.00857. The molecule has 186 valence electrons. The van der Waals surface area contributed by atoms with Crippen molar-refractivity contribution in [2.45, 2.75) is 19.3 Å². The van der Waals surface area contributed by atoms with Crippen molar-refractivity contribution in [3.63, 3.8) is 0 Å². The van der Waals surface area contributed by atoms with E-state index in [9.17, 15) is 4.79 Å². The number of hydrogen-bond acceptors (Lipinski definition) is 4. The number of anilines is 1. The van der Waals surface area contributed by atoms with E-state index < -0.39 is 0 Å². The number of amides is 1. The van der Waals surface area contributed by atoms with Crippen molar-refractivity contribution in [1.82, 2.24) is 9.80 Å². The number of hydrogen-bond donors (Lipinski definition) is 1. The molecule has 1 saturated heterocycles. The third kappa shape index (κ3) is 6.04. The van der Waals surface area contributed by atoms with Crippen LogP contribution in [0.4, 0.5) is 5.69 Å². The highest BCUT2D eigenvalue weighted by Gasteiger charge is 2.18. The number of piperazine rings is 1. The number of rotatable bonds is 7. The molecule has 1 heterocycles. The molecule has 1 N–H and O–H groups in total. The number of aryl methyl sites for hydroxylation is 1. The highest BCUT2D eigenvalue weighted by atomic mass is 16.5. The van der Waals surface area contributed by atoms with Crippen LogP contribution in [0.3, 0.4) is 0 Å². The number of nitrogens with zero attached hydrogens (tertiary/aromatic N) is 2. The number of benzene rings is 3. The third-order valence-corrected chi connectivity index (χ3v) is 7.27. The maximum absolute atomic E-state index is 12.7. The Hall–Kier alpha value is -3.41. The number of ether oxygens (including phenoxy) is 1. The van der Waals surface area contributed by atoms with E-state index in [4.69, 9.17) is 4.74 Å². The number of carbonyl (C=O) groups excluding carboxylic acids is 1. The summed E-state index contributed by atoms with van der Waals surface area (Å²) in [6.45, 7) is 5.67. The summed E-state index contributed by atoms with van der Waals surface area (Å²) >= 11 is 0. The second kappa shape index (κ2) is 11.1. The molecule has 0 spiro atoms. The summed E-state index contributed by atoms with van der Waals surface area (Å²) in [6, 6.07) is 22.5. The summed E-state index contributed by atoms with van der Waals surface area (Å²) in [7, 11) is 3.87. The van der Waals surface area contributed by atoms with Gasteiger partial charge in [0.2, 0.25) is 5.91 Å². The average molecular weight is 482 g/mol. The average Bonchev–Trinajstić information content (AvgIpc) is 2.90. The van der Waals surface area contributed by atoms with Gasteiger partial charge in [-0.15, -0.1) is 0 Å². The van der Waals surface area contributed by atoms with Crippen LogP contribution in [0.5, 0.6) is 5.75 Å². The normalized spacial score (nSPS) is 16.2. The number of nitrogens with one attached hydrogen (secondary N) is 1. The second-order valence-electron chi connectivity index (χ2n) is 9.95. The molecule has 0 atom stereocenters. The first-order valence-electron chi connectivity index (χ1n) is 12.8. The van der Waals surface area contributed by atoms with Gasteiger partial charge in [0.25, 0.3) is 0 Å². The quantitative estimate of drug-likeness (QED) is 0.509. The van der Waals surface area contributed by atoms with Crippen molar-refractivity contribution in [2.24, 2.45) is 0 Å². The predicted molar refractivity (Wildman–Crippen MR) is 147 cm³/mol. The fraction of sp³-hybridized carbons (Fsp3) is 0.323. The molecule has 5 nitrogen and oxygen atoms in total. The van der Waals surface area contributed by atoms with Gasteiger partial charge in [-0.3, -0.25) is 9.69 Å². The molecule has 0 aromatic heterocycles. The lowest BCUT2D eigenvalue weighted by atomic mass is 9.91. The van der Waals surface area contributed by atoms with E-state index in [1.165, 1.54) is 16.7 Å². The van der Waals surface area contributed by atoms with Gasteiger partial charge in [-0.2, -0.15) is 0 Å². The van der Waals surface area contributed by atoms with Crippen molar-refractivity contribution >= 4 is 17.7 Å². The van der Waals surface area contributed by atoms with Crippen LogP contribution in [-0.2, 0) is 17.6 Å². The van der Waals surface area contributed by atoms with Crippen LogP contribution in [0.2, 0.25) is 0 Å². The number of methoxy groups -OCH3 is 1. The topological polar surface area (TPSA) is 44.8 Å². The monoisotopic (exact) mass is 481 g/mol. The Balaban J connectivity index is 1.16. The molecule has 2 aliphatic rings. The van der Waals surface area contributed by atoms with Gasteiger partial charge in [0.1, 0.15) is 5.75 Å². The Morgan fingerprint density at radius 2 is 1.58 bits per heavy atom. The van der Waals surface area contributed by atoms with Crippen molar-refractivity contribution in [3.05, 3.63) is 89.0 Å². The van der Waals surface area contributed by atoms with Crippen LogP contribution in [0.15, 0.2) is 72.3 Å². The predicted octanol–water partition coefficient (Wildman–Crippen LogP) is 5.12. The van der Waals surface area contributed by atoms with E-state index in [0.29, 0.717) is 6.42 Å². The first kappa shape index (κ1) is 24.3. The van der Waals surface area contributed by atoms with Gasteiger partial charge in [0.15, 0.2) is 0 Å². The van der Waals surface area contributed by atoms with Crippen LogP contribution in [0.25, 0.3) is 17.2 Å². The maximum atomic E-state index is 12.7. The van der Waals surface area contributed by atoms with Gasteiger partial charge in [-0.1, -0.05) is 54.1 Å². The molecule has 3 aromatic rings. The van der Waals surface area contributed by atoms with Crippen LogP contribution in [-0.4, -0.2) is 62.6 Å². The molecular weight excluding hydrogens is 446 g/mol. The minimum absolute atomic E-state index is 0.00857. The second-order valence-corrected chi connectivity index (χ2v) is 9.95. The Morgan fingerprint density at radius 3 is 2.28 bits per heavy atom.